The van der Waals surface area contributed by atoms with Crippen LogP contribution in [0.15, 0.2) is 41.1 Å². The van der Waals surface area contributed by atoms with E-state index in [9.17, 15) is 9.59 Å². The van der Waals surface area contributed by atoms with E-state index < -0.39 is 12.0 Å². The Morgan fingerprint density at radius 3 is 2.70 bits per heavy atom. The van der Waals surface area contributed by atoms with Gasteiger partial charge < -0.3 is 9.47 Å². The van der Waals surface area contributed by atoms with Crippen LogP contribution in [0.25, 0.3) is 0 Å². The van der Waals surface area contributed by atoms with Crippen molar-refractivity contribution in [2.24, 2.45) is 0 Å². The van der Waals surface area contributed by atoms with Gasteiger partial charge in [0, 0.05) is 16.3 Å². The summed E-state index contributed by atoms with van der Waals surface area (Å²) in [5.41, 5.74) is 5.54. The minimum Gasteiger partial charge on any atom is -0.495 e. The lowest BCUT2D eigenvalue weighted by atomic mass is 10.2. The number of hydrogen-bond acceptors (Lipinski definition) is 5. The molecule has 0 saturated heterocycles. The maximum Gasteiger partial charge on any atom is 0.427 e. The lowest BCUT2D eigenvalue weighted by Gasteiger charge is -2.06. The quantitative estimate of drug-likeness (QED) is 0.668. The van der Waals surface area contributed by atoms with Gasteiger partial charge in [0.05, 0.1) is 12.7 Å². The number of hydrogen-bond donors (Lipinski definition) is 2. The lowest BCUT2D eigenvalue weighted by Crippen LogP contribution is -2.41. The van der Waals surface area contributed by atoms with Crippen molar-refractivity contribution in [1.29, 1.82) is 0 Å². The van der Waals surface area contributed by atoms with Crippen LogP contribution >= 0.6 is 11.3 Å². The molecule has 7 heteroatoms. The largest absolute Gasteiger partial charge is 0.495 e. The van der Waals surface area contributed by atoms with Crippen LogP contribution in [0.3, 0.4) is 0 Å². The van der Waals surface area contributed by atoms with Gasteiger partial charge in [0.15, 0.2) is 6.61 Å². The first-order chi connectivity index (χ1) is 11.2. The Balaban J connectivity index is 1.73. The highest BCUT2D eigenvalue weighted by atomic mass is 32.1. The Morgan fingerprint density at radius 1 is 1.17 bits per heavy atom. The van der Waals surface area contributed by atoms with Gasteiger partial charge in [-0.25, -0.2) is 10.2 Å². The molecule has 0 saturated carbocycles. The van der Waals surface area contributed by atoms with E-state index in [2.05, 4.69) is 22.7 Å². The molecule has 1 aromatic carbocycles. The Morgan fingerprint density at radius 2 is 1.96 bits per heavy atom. The number of thiophene rings is 1. The summed E-state index contributed by atoms with van der Waals surface area (Å²) < 4.78 is 9.84. The fourth-order valence-electron chi connectivity index (χ4n) is 1.58. The monoisotopic (exact) mass is 330 g/mol. The van der Waals surface area contributed by atoms with Crippen molar-refractivity contribution in [2.45, 2.75) is 0 Å². The van der Waals surface area contributed by atoms with Crippen molar-refractivity contribution in [3.8, 4) is 17.6 Å². The number of ether oxygens (including phenoxy) is 2. The zero-order valence-electron chi connectivity index (χ0n) is 12.3. The first-order valence-corrected chi connectivity index (χ1v) is 7.52. The molecule has 2 aromatic rings. The normalized spacial score (nSPS) is 9.26. The molecule has 2 rings (SSSR count). The van der Waals surface area contributed by atoms with Crippen molar-refractivity contribution in [2.75, 3.05) is 13.7 Å². The van der Waals surface area contributed by atoms with E-state index in [0.29, 0.717) is 11.3 Å². The number of hydrazine groups is 1. The fraction of sp³-hybridized carbons (Fsp3) is 0.125. The summed E-state index contributed by atoms with van der Waals surface area (Å²) in [7, 11) is 1.46. The summed E-state index contributed by atoms with van der Waals surface area (Å²) in [6.07, 6.45) is -0.796. The van der Waals surface area contributed by atoms with Gasteiger partial charge in [-0.1, -0.05) is 30.0 Å². The summed E-state index contributed by atoms with van der Waals surface area (Å²) in [5, 5.41) is 3.30. The molecule has 0 aliphatic heterocycles. The number of benzene rings is 1. The molecule has 0 atom stereocenters. The van der Waals surface area contributed by atoms with Gasteiger partial charge in [-0.2, -0.15) is 0 Å². The van der Waals surface area contributed by atoms with E-state index in [-0.39, 0.29) is 6.61 Å². The summed E-state index contributed by atoms with van der Waals surface area (Å²) in [4.78, 5) is 23.3. The van der Waals surface area contributed by atoms with Gasteiger partial charge in [0.2, 0.25) is 0 Å². The van der Waals surface area contributed by atoms with Crippen molar-refractivity contribution in [3.05, 3.63) is 52.2 Å². The number of nitrogens with one attached hydrogen (secondary N) is 2. The second-order valence-corrected chi connectivity index (χ2v) is 4.92. The Bertz CT molecular complexity index is 731. The first-order valence-electron chi connectivity index (χ1n) is 6.58. The van der Waals surface area contributed by atoms with Crippen LogP contribution in [-0.2, 0) is 4.74 Å². The number of methoxy groups -OCH3 is 1. The van der Waals surface area contributed by atoms with Crippen LogP contribution in [-0.4, -0.2) is 25.7 Å². The maximum absolute atomic E-state index is 11.8. The van der Waals surface area contributed by atoms with E-state index in [4.69, 9.17) is 9.47 Å². The molecule has 23 heavy (non-hydrogen) atoms. The van der Waals surface area contributed by atoms with Crippen LogP contribution < -0.4 is 15.6 Å². The Hall–Kier alpha value is -2.98. The average Bonchev–Trinajstić information content (AvgIpc) is 3.06. The standard InChI is InChI=1S/C16H14N2O4S/c1-21-14-11-23-10-13(14)15(19)17-18-16(20)22-9-5-8-12-6-3-2-4-7-12/h2-4,6-7,10-11H,9H2,1H3,(H,17,19)(H,18,20). The summed E-state index contributed by atoms with van der Waals surface area (Å²) >= 11 is 1.32. The van der Waals surface area contributed by atoms with E-state index in [1.807, 2.05) is 30.3 Å². The average molecular weight is 330 g/mol. The first kappa shape index (κ1) is 16.4. The molecule has 1 aromatic heterocycles. The summed E-state index contributed by atoms with van der Waals surface area (Å²) in [6, 6.07) is 9.32. The molecule has 0 aliphatic carbocycles. The Kier molecular flexibility index (Phi) is 6.03. The van der Waals surface area contributed by atoms with Crippen molar-refractivity contribution >= 4 is 23.3 Å². The molecule has 1 heterocycles. The highest BCUT2D eigenvalue weighted by Gasteiger charge is 2.13. The van der Waals surface area contributed by atoms with Gasteiger partial charge >= 0.3 is 6.09 Å². The number of carbonyl (C=O) groups excluding carboxylic acids is 2. The second-order valence-electron chi connectivity index (χ2n) is 4.18. The molecule has 0 unspecified atom stereocenters. The fourth-order valence-corrected chi connectivity index (χ4v) is 2.36. The highest BCUT2D eigenvalue weighted by Crippen LogP contribution is 2.22. The number of rotatable bonds is 3. The minimum atomic E-state index is -0.796. The second kappa shape index (κ2) is 8.46. The van der Waals surface area contributed by atoms with Gasteiger partial charge in [0.1, 0.15) is 5.75 Å². The third-order valence-electron chi connectivity index (χ3n) is 2.65. The van der Waals surface area contributed by atoms with Crippen LogP contribution in [0.5, 0.6) is 5.75 Å². The van der Waals surface area contributed by atoms with Gasteiger partial charge in [-0.3, -0.25) is 10.2 Å². The topological polar surface area (TPSA) is 76.7 Å². The molecular weight excluding hydrogens is 316 g/mol. The predicted molar refractivity (Wildman–Crippen MR) is 86.1 cm³/mol. The van der Waals surface area contributed by atoms with Crippen LogP contribution in [0.4, 0.5) is 4.79 Å². The molecule has 0 bridgehead atoms. The molecule has 6 nitrogen and oxygen atoms in total. The molecule has 2 N–H and O–H groups in total. The molecule has 0 fully saturated rings. The highest BCUT2D eigenvalue weighted by molar-refractivity contribution is 7.08. The third-order valence-corrected chi connectivity index (χ3v) is 3.37. The van der Waals surface area contributed by atoms with E-state index in [1.54, 1.807) is 10.8 Å². The SMILES string of the molecule is COc1cscc1C(=O)NNC(=O)OCC#Cc1ccccc1. The van der Waals surface area contributed by atoms with E-state index in [0.717, 1.165) is 5.56 Å². The van der Waals surface area contributed by atoms with Crippen LogP contribution in [0, 0.1) is 11.8 Å². The minimum absolute atomic E-state index is 0.0850. The molecule has 0 radical (unpaired) electrons. The van der Waals surface area contributed by atoms with Crippen LogP contribution in [0.1, 0.15) is 15.9 Å². The maximum atomic E-state index is 11.8. The summed E-state index contributed by atoms with van der Waals surface area (Å²) in [6.45, 7) is -0.0850. The Labute approximate surface area is 137 Å². The van der Waals surface area contributed by atoms with E-state index >= 15 is 0 Å². The van der Waals surface area contributed by atoms with E-state index in [1.165, 1.54) is 18.4 Å². The van der Waals surface area contributed by atoms with Crippen molar-refractivity contribution < 1.29 is 19.1 Å². The third kappa shape index (κ3) is 5.05. The summed E-state index contributed by atoms with van der Waals surface area (Å²) in [5.74, 6) is 5.50. The van der Waals surface area contributed by atoms with Gasteiger partial charge in [0.25, 0.3) is 5.91 Å². The molecule has 0 aliphatic rings. The predicted octanol–water partition coefficient (Wildman–Crippen LogP) is 2.18. The molecule has 2 amide bonds. The molecule has 0 spiro atoms. The van der Waals surface area contributed by atoms with Gasteiger partial charge in [-0.15, -0.1) is 11.3 Å². The van der Waals surface area contributed by atoms with Gasteiger partial charge in [-0.05, 0) is 12.1 Å². The van der Waals surface area contributed by atoms with Crippen molar-refractivity contribution in [1.82, 2.24) is 10.9 Å². The zero-order chi connectivity index (χ0) is 16.5. The van der Waals surface area contributed by atoms with Crippen molar-refractivity contribution in [3.63, 3.8) is 0 Å². The zero-order valence-corrected chi connectivity index (χ0v) is 13.1. The molecular formula is C16H14N2O4S. The van der Waals surface area contributed by atoms with Crippen LogP contribution in [0.2, 0.25) is 0 Å². The molecule has 118 valence electrons. The smallest absolute Gasteiger partial charge is 0.427 e. The lowest BCUT2D eigenvalue weighted by molar-refractivity contribution is 0.0914. The number of amides is 2. The number of carbonyl (C=O) groups is 2.